The first-order valence-electron chi connectivity index (χ1n) is 11.6. The van der Waals surface area contributed by atoms with E-state index >= 15 is 0 Å². The molecule has 2 aromatic carbocycles. The summed E-state index contributed by atoms with van der Waals surface area (Å²) in [7, 11) is 0. The molecule has 37 heavy (non-hydrogen) atoms. The van der Waals surface area contributed by atoms with Gasteiger partial charge in [0, 0.05) is 12.1 Å². The number of nitrogens with zero attached hydrogens (tertiary/aromatic N) is 3. The van der Waals surface area contributed by atoms with Gasteiger partial charge in [-0.1, -0.05) is 60.7 Å². The number of hydrogen-bond acceptors (Lipinski definition) is 4. The lowest BCUT2D eigenvalue weighted by Gasteiger charge is -2.43. The lowest BCUT2D eigenvalue weighted by Crippen LogP contribution is -2.64. The summed E-state index contributed by atoms with van der Waals surface area (Å²) in [6.07, 6.45) is -4.72. The number of carbonyl (C=O) groups is 1. The van der Waals surface area contributed by atoms with Crippen molar-refractivity contribution < 1.29 is 31.5 Å². The zero-order chi connectivity index (χ0) is 26.4. The maximum Gasteiger partial charge on any atom is 0.410 e. The van der Waals surface area contributed by atoms with Crippen LogP contribution >= 0.6 is 0 Å². The van der Waals surface area contributed by atoms with Crippen molar-refractivity contribution in [2.24, 2.45) is 0 Å². The number of benzene rings is 2. The van der Waals surface area contributed by atoms with Crippen LogP contribution in [0.5, 0.6) is 0 Å². The van der Waals surface area contributed by atoms with Gasteiger partial charge in [-0.25, -0.2) is 14.2 Å². The third-order valence-electron chi connectivity index (χ3n) is 6.78. The Morgan fingerprint density at radius 1 is 1.03 bits per heavy atom. The number of fused-ring (bicyclic) bond motifs is 1. The molecule has 3 aromatic rings. The molecule has 1 fully saturated rings. The van der Waals surface area contributed by atoms with E-state index in [0.717, 1.165) is 16.0 Å². The molecule has 0 radical (unpaired) electrons. The fraction of sp³-hybridized carbons (Fsp3) is 0.346. The van der Waals surface area contributed by atoms with Gasteiger partial charge in [0.15, 0.2) is 6.10 Å². The lowest BCUT2D eigenvalue weighted by atomic mass is 9.85. The first-order chi connectivity index (χ1) is 17.6. The molecule has 1 aromatic heterocycles. The van der Waals surface area contributed by atoms with Gasteiger partial charge in [0.25, 0.3) is 5.56 Å². The van der Waals surface area contributed by atoms with E-state index in [1.165, 1.54) is 4.57 Å². The van der Waals surface area contributed by atoms with E-state index in [1.54, 1.807) is 0 Å². The number of carbonyl (C=O) groups excluding carboxylic acids is 1. The quantitative estimate of drug-likeness (QED) is 0.451. The van der Waals surface area contributed by atoms with Gasteiger partial charge in [0.2, 0.25) is 0 Å². The number of halogens is 5. The van der Waals surface area contributed by atoms with Crippen molar-refractivity contribution in [3.05, 3.63) is 99.2 Å². The predicted molar refractivity (Wildman–Crippen MR) is 122 cm³/mol. The van der Waals surface area contributed by atoms with Crippen LogP contribution in [0.1, 0.15) is 40.7 Å². The lowest BCUT2D eigenvalue weighted by molar-refractivity contribution is -0.330. The molecule has 2 heterocycles. The Hall–Kier alpha value is -3.76. The van der Waals surface area contributed by atoms with Crippen molar-refractivity contribution in [1.82, 2.24) is 14.5 Å². The minimum absolute atomic E-state index is 0.0103. The standard InChI is InChI=1S/C26H22F5N3O3/c27-14-21-32-19-15-33(24(36)37-20-13-25(28,29)26(20,30)31)12-11-18(19)23(35)34(21)22(16-7-3-1-4-8-16)17-9-5-2-6-10-17/h1-10,20,22H,11-15H2. The van der Waals surface area contributed by atoms with Crippen molar-refractivity contribution >= 4 is 6.09 Å². The first kappa shape index (κ1) is 24.9. The molecule has 1 aliphatic heterocycles. The van der Waals surface area contributed by atoms with Crippen molar-refractivity contribution in [2.45, 2.75) is 50.1 Å². The fourth-order valence-electron chi connectivity index (χ4n) is 4.74. The minimum atomic E-state index is -4.45. The Balaban J connectivity index is 1.47. The number of rotatable bonds is 5. The highest BCUT2D eigenvalue weighted by molar-refractivity contribution is 5.68. The van der Waals surface area contributed by atoms with E-state index in [4.69, 9.17) is 0 Å². The second kappa shape index (κ2) is 9.28. The SMILES string of the molecule is O=C(OC1CC(F)(F)C1(F)F)N1CCc2c(nc(CF)n(C(c3ccccc3)c3ccccc3)c2=O)C1. The van der Waals surface area contributed by atoms with Gasteiger partial charge >= 0.3 is 17.9 Å². The van der Waals surface area contributed by atoms with Crippen LogP contribution in [0.2, 0.25) is 0 Å². The largest absolute Gasteiger partial charge is 0.439 e. The third kappa shape index (κ3) is 4.25. The van der Waals surface area contributed by atoms with Crippen LogP contribution in [-0.2, 0) is 24.4 Å². The molecule has 0 bridgehead atoms. The maximum absolute atomic E-state index is 14.3. The Morgan fingerprint density at radius 3 is 2.14 bits per heavy atom. The summed E-state index contributed by atoms with van der Waals surface area (Å²) in [5.74, 6) is -8.85. The molecule has 1 atom stereocenters. The number of hydrogen-bond donors (Lipinski definition) is 0. The summed E-state index contributed by atoms with van der Waals surface area (Å²) in [6.45, 7) is -1.45. The summed E-state index contributed by atoms with van der Waals surface area (Å²) in [4.78, 5) is 31.5. The smallest absolute Gasteiger partial charge is 0.410 e. The van der Waals surface area contributed by atoms with Crippen LogP contribution < -0.4 is 5.56 Å². The van der Waals surface area contributed by atoms with Gasteiger partial charge in [-0.15, -0.1) is 0 Å². The summed E-state index contributed by atoms with van der Waals surface area (Å²) < 4.78 is 73.5. The highest BCUT2D eigenvalue weighted by Crippen LogP contribution is 2.52. The first-order valence-corrected chi connectivity index (χ1v) is 11.6. The van der Waals surface area contributed by atoms with E-state index in [9.17, 15) is 31.5 Å². The molecule has 11 heteroatoms. The molecule has 0 N–H and O–H groups in total. The Kier molecular flexibility index (Phi) is 6.25. The zero-order valence-corrected chi connectivity index (χ0v) is 19.4. The van der Waals surface area contributed by atoms with Gasteiger partial charge in [0.1, 0.15) is 12.5 Å². The molecule has 6 nitrogen and oxygen atoms in total. The third-order valence-corrected chi connectivity index (χ3v) is 6.78. The van der Waals surface area contributed by atoms with Crippen molar-refractivity contribution in [2.75, 3.05) is 6.54 Å². The van der Waals surface area contributed by atoms with Crippen LogP contribution in [0.4, 0.5) is 26.7 Å². The molecule has 5 rings (SSSR count). The molecule has 0 saturated heterocycles. The molecule has 2 aliphatic rings. The van der Waals surface area contributed by atoms with E-state index in [-0.39, 0.29) is 36.6 Å². The predicted octanol–water partition coefficient (Wildman–Crippen LogP) is 4.89. The van der Waals surface area contributed by atoms with E-state index in [2.05, 4.69) is 9.72 Å². The van der Waals surface area contributed by atoms with Crippen LogP contribution in [0.3, 0.4) is 0 Å². The molecule has 194 valence electrons. The average molecular weight is 519 g/mol. The normalized spacial score (nSPS) is 19.7. The van der Waals surface area contributed by atoms with Gasteiger partial charge < -0.3 is 9.64 Å². The Bertz CT molecular complexity index is 1330. The summed E-state index contributed by atoms with van der Waals surface area (Å²) in [5.41, 5.74) is 1.38. The van der Waals surface area contributed by atoms with E-state index < -0.39 is 48.7 Å². The Labute approximate surface area is 208 Å². The average Bonchev–Trinajstić information content (AvgIpc) is 2.90. The Morgan fingerprint density at radius 2 is 1.62 bits per heavy atom. The molecule has 1 unspecified atom stereocenters. The number of alkyl halides is 5. The van der Waals surface area contributed by atoms with Gasteiger partial charge in [-0.2, -0.15) is 17.6 Å². The van der Waals surface area contributed by atoms with Crippen LogP contribution in [-0.4, -0.2) is 45.0 Å². The summed E-state index contributed by atoms with van der Waals surface area (Å²) in [5, 5.41) is 0. The molecule has 1 amide bonds. The molecular weight excluding hydrogens is 497 g/mol. The summed E-state index contributed by atoms with van der Waals surface area (Å²) in [6, 6.07) is 17.5. The molecule has 1 aliphatic carbocycles. The monoisotopic (exact) mass is 519 g/mol. The van der Waals surface area contributed by atoms with Gasteiger partial charge in [0.05, 0.1) is 24.7 Å². The van der Waals surface area contributed by atoms with Crippen LogP contribution in [0.25, 0.3) is 0 Å². The number of amides is 1. The second-order valence-electron chi connectivity index (χ2n) is 9.06. The molecule has 0 spiro atoms. The van der Waals surface area contributed by atoms with Crippen LogP contribution in [0.15, 0.2) is 65.5 Å². The topological polar surface area (TPSA) is 64.4 Å². The second-order valence-corrected chi connectivity index (χ2v) is 9.06. The molecular formula is C26H22F5N3O3. The van der Waals surface area contributed by atoms with Crippen molar-refractivity contribution in [3.8, 4) is 0 Å². The summed E-state index contributed by atoms with van der Waals surface area (Å²) >= 11 is 0. The van der Waals surface area contributed by atoms with Gasteiger partial charge in [-0.3, -0.25) is 9.36 Å². The number of aromatic nitrogens is 2. The van der Waals surface area contributed by atoms with E-state index in [0.29, 0.717) is 0 Å². The maximum atomic E-state index is 14.3. The number of ether oxygens (including phenoxy) is 1. The van der Waals surface area contributed by atoms with Crippen molar-refractivity contribution in [1.29, 1.82) is 0 Å². The van der Waals surface area contributed by atoms with Crippen LogP contribution in [0, 0.1) is 0 Å². The van der Waals surface area contributed by atoms with Gasteiger partial charge in [-0.05, 0) is 17.5 Å². The fourth-order valence-corrected chi connectivity index (χ4v) is 4.74. The highest BCUT2D eigenvalue weighted by Gasteiger charge is 2.74. The minimum Gasteiger partial charge on any atom is -0.439 e. The highest BCUT2D eigenvalue weighted by atomic mass is 19.3. The van der Waals surface area contributed by atoms with Crippen molar-refractivity contribution in [3.63, 3.8) is 0 Å². The van der Waals surface area contributed by atoms with E-state index in [1.807, 2.05) is 60.7 Å². The molecule has 1 saturated carbocycles. The zero-order valence-electron chi connectivity index (χ0n) is 19.4.